The lowest BCUT2D eigenvalue weighted by atomic mass is 9.95. The molecule has 23 heavy (non-hydrogen) atoms. The van der Waals surface area contributed by atoms with Crippen LogP contribution in [0.4, 0.5) is 13.2 Å². The lowest BCUT2D eigenvalue weighted by molar-refractivity contribution is -0.177. The van der Waals surface area contributed by atoms with Crippen LogP contribution >= 0.6 is 15.9 Å². The molecular formula is C15H16BrF3N2O2. The lowest BCUT2D eigenvalue weighted by Gasteiger charge is -2.42. The van der Waals surface area contributed by atoms with Gasteiger partial charge in [-0.15, -0.1) is 0 Å². The largest absolute Gasteiger partial charge is 0.341 e. The van der Waals surface area contributed by atoms with Crippen LogP contribution in [0.15, 0.2) is 28.7 Å². The Morgan fingerprint density at radius 2 is 1.83 bits per heavy atom. The number of rotatable bonds is 4. The minimum absolute atomic E-state index is 0.123. The number of carbonyl (C=O) groups is 2. The Hall–Kier alpha value is -1.57. The average Bonchev–Trinajstić information content (AvgIpc) is 2.44. The van der Waals surface area contributed by atoms with E-state index in [1.165, 1.54) is 36.1 Å². The molecular weight excluding hydrogens is 377 g/mol. The van der Waals surface area contributed by atoms with Crippen LogP contribution in [-0.2, 0) is 15.4 Å². The van der Waals surface area contributed by atoms with Crippen molar-refractivity contribution < 1.29 is 22.8 Å². The molecule has 1 heterocycles. The van der Waals surface area contributed by atoms with Crippen LogP contribution in [0.1, 0.15) is 12.5 Å². The number of amides is 2. The highest BCUT2D eigenvalue weighted by molar-refractivity contribution is 9.10. The molecule has 0 N–H and O–H groups in total. The summed E-state index contributed by atoms with van der Waals surface area (Å²) in [6.07, 6.45) is -3.40. The minimum atomic E-state index is -3.40. The zero-order valence-electron chi connectivity index (χ0n) is 12.6. The number of hydrogen-bond donors (Lipinski definition) is 0. The summed E-state index contributed by atoms with van der Waals surface area (Å²) in [6, 6.07) is 5.29. The van der Waals surface area contributed by atoms with Gasteiger partial charge in [0.1, 0.15) is 0 Å². The van der Waals surface area contributed by atoms with Crippen LogP contribution in [-0.4, -0.2) is 48.2 Å². The van der Waals surface area contributed by atoms with Gasteiger partial charge in [0.2, 0.25) is 11.8 Å². The molecule has 0 aliphatic carbocycles. The summed E-state index contributed by atoms with van der Waals surface area (Å²) in [5, 5.41) is 0. The molecule has 1 aromatic rings. The Bertz CT molecular complexity index is 605. The minimum Gasteiger partial charge on any atom is -0.341 e. The third-order valence-corrected chi connectivity index (χ3v) is 4.56. The van der Waals surface area contributed by atoms with Gasteiger partial charge in [-0.2, -0.15) is 0 Å². The molecule has 1 aromatic carbocycles. The van der Waals surface area contributed by atoms with Gasteiger partial charge in [0, 0.05) is 37.1 Å². The summed E-state index contributed by atoms with van der Waals surface area (Å²) in [7, 11) is 1.02. The molecule has 1 unspecified atom stereocenters. The fourth-order valence-corrected chi connectivity index (χ4v) is 2.74. The van der Waals surface area contributed by atoms with Crippen LogP contribution in [0.25, 0.3) is 0 Å². The smallest absolute Gasteiger partial charge is 0.294 e. The molecule has 1 saturated heterocycles. The van der Waals surface area contributed by atoms with Gasteiger partial charge < -0.3 is 9.80 Å². The van der Waals surface area contributed by atoms with E-state index < -0.39 is 24.0 Å². The Morgan fingerprint density at radius 1 is 1.30 bits per heavy atom. The molecule has 0 radical (unpaired) electrons. The quantitative estimate of drug-likeness (QED) is 0.739. The maximum Gasteiger partial charge on any atom is 0.294 e. The maximum absolute atomic E-state index is 15.1. The molecule has 0 saturated carbocycles. The van der Waals surface area contributed by atoms with Crippen molar-refractivity contribution in [2.45, 2.75) is 19.1 Å². The van der Waals surface area contributed by atoms with Gasteiger partial charge in [0.25, 0.3) is 12.2 Å². The van der Waals surface area contributed by atoms with Gasteiger partial charge in [-0.3, -0.25) is 9.59 Å². The van der Waals surface area contributed by atoms with Gasteiger partial charge in [0.15, 0.2) is 0 Å². The van der Waals surface area contributed by atoms with Crippen molar-refractivity contribution in [3.05, 3.63) is 34.3 Å². The summed E-state index contributed by atoms with van der Waals surface area (Å²) in [6.45, 7) is 1.60. The molecule has 1 aliphatic heterocycles. The Kier molecular flexibility index (Phi) is 5.03. The molecule has 1 atom stereocenters. The zero-order valence-corrected chi connectivity index (χ0v) is 14.2. The van der Waals surface area contributed by atoms with Crippen molar-refractivity contribution in [1.82, 2.24) is 9.80 Å². The molecule has 2 amide bonds. The molecule has 0 aromatic heterocycles. The van der Waals surface area contributed by atoms with Gasteiger partial charge in [-0.1, -0.05) is 28.1 Å². The van der Waals surface area contributed by atoms with E-state index in [0.717, 1.165) is 7.05 Å². The second-order valence-corrected chi connectivity index (χ2v) is 6.41. The Labute approximate surface area is 140 Å². The molecule has 1 fully saturated rings. The van der Waals surface area contributed by atoms with E-state index in [1.807, 2.05) is 0 Å². The molecule has 8 heteroatoms. The molecule has 0 bridgehead atoms. The van der Waals surface area contributed by atoms with Crippen LogP contribution in [0, 0.1) is 5.92 Å². The number of hydrogen-bond acceptors (Lipinski definition) is 2. The van der Waals surface area contributed by atoms with Crippen molar-refractivity contribution in [3.8, 4) is 0 Å². The second-order valence-electron chi connectivity index (χ2n) is 5.50. The van der Waals surface area contributed by atoms with Crippen LogP contribution in [0.5, 0.6) is 0 Å². The number of benzene rings is 1. The molecule has 126 valence electrons. The highest BCUT2D eigenvalue weighted by Gasteiger charge is 2.51. The predicted molar refractivity (Wildman–Crippen MR) is 81.4 cm³/mol. The molecule has 2 rings (SSSR count). The Balaban J connectivity index is 2.22. The first-order chi connectivity index (χ1) is 10.7. The third-order valence-electron chi connectivity index (χ3n) is 4.03. The van der Waals surface area contributed by atoms with Gasteiger partial charge in [-0.25, -0.2) is 13.2 Å². The van der Waals surface area contributed by atoms with Crippen LogP contribution < -0.4 is 0 Å². The number of nitrogens with zero attached hydrogens (tertiary/aromatic N) is 2. The topological polar surface area (TPSA) is 40.6 Å². The predicted octanol–water partition coefficient (Wildman–Crippen LogP) is 2.77. The van der Waals surface area contributed by atoms with Crippen molar-refractivity contribution >= 4 is 27.7 Å². The van der Waals surface area contributed by atoms with Crippen molar-refractivity contribution in [1.29, 1.82) is 0 Å². The normalized spacial score (nSPS) is 17.6. The summed E-state index contributed by atoms with van der Waals surface area (Å²) in [5.74, 6) is -4.82. The van der Waals surface area contributed by atoms with E-state index in [4.69, 9.17) is 0 Å². The zero-order chi connectivity index (χ0) is 17.4. The number of halogens is 4. The first kappa shape index (κ1) is 17.8. The van der Waals surface area contributed by atoms with Gasteiger partial charge >= 0.3 is 0 Å². The monoisotopic (exact) mass is 392 g/mol. The maximum atomic E-state index is 15.1. The number of likely N-dealkylation sites (tertiary alicyclic amines) is 1. The van der Waals surface area contributed by atoms with E-state index >= 15 is 4.39 Å². The van der Waals surface area contributed by atoms with E-state index in [-0.39, 0.29) is 24.6 Å². The first-order valence-electron chi connectivity index (χ1n) is 6.94. The summed E-state index contributed by atoms with van der Waals surface area (Å²) >= 11 is 3.15. The van der Waals surface area contributed by atoms with Crippen LogP contribution in [0.3, 0.4) is 0 Å². The first-order valence-corrected chi connectivity index (χ1v) is 7.73. The van der Waals surface area contributed by atoms with Crippen molar-refractivity contribution in [2.24, 2.45) is 5.92 Å². The SMILES string of the molecule is CC(=O)N1CC(C(=O)N(C)C(F)(c2ccc(Br)cc2)C(F)F)C1. The van der Waals surface area contributed by atoms with Crippen LogP contribution in [0.2, 0.25) is 0 Å². The van der Waals surface area contributed by atoms with Gasteiger partial charge in [-0.05, 0) is 12.1 Å². The highest BCUT2D eigenvalue weighted by Crippen LogP contribution is 2.38. The van der Waals surface area contributed by atoms with E-state index in [1.54, 1.807) is 0 Å². The van der Waals surface area contributed by atoms with Gasteiger partial charge in [0.05, 0.1) is 5.92 Å². The molecule has 4 nitrogen and oxygen atoms in total. The van der Waals surface area contributed by atoms with Crippen molar-refractivity contribution in [3.63, 3.8) is 0 Å². The highest BCUT2D eigenvalue weighted by atomic mass is 79.9. The van der Waals surface area contributed by atoms with E-state index in [9.17, 15) is 18.4 Å². The van der Waals surface area contributed by atoms with E-state index in [2.05, 4.69) is 15.9 Å². The lowest BCUT2D eigenvalue weighted by Crippen LogP contribution is -2.59. The second kappa shape index (κ2) is 6.51. The average molecular weight is 393 g/mol. The summed E-state index contributed by atoms with van der Waals surface area (Å²) < 4.78 is 42.5. The fraction of sp³-hybridized carbons (Fsp3) is 0.467. The number of carbonyl (C=O) groups excluding carboxylic acids is 2. The third kappa shape index (κ3) is 3.22. The summed E-state index contributed by atoms with van der Waals surface area (Å²) in [4.78, 5) is 25.3. The Morgan fingerprint density at radius 3 is 2.26 bits per heavy atom. The van der Waals surface area contributed by atoms with Crippen molar-refractivity contribution in [2.75, 3.05) is 20.1 Å². The fourth-order valence-electron chi connectivity index (χ4n) is 2.48. The standard InChI is InChI=1S/C15H16BrF3N2O2/c1-9(22)21-7-10(8-21)13(23)20(2)15(19,14(17)18)11-3-5-12(16)6-4-11/h3-6,10,14H,7-8H2,1-2H3. The molecule has 0 spiro atoms. The van der Waals surface area contributed by atoms with E-state index in [0.29, 0.717) is 9.37 Å². The summed E-state index contributed by atoms with van der Waals surface area (Å²) in [5.41, 5.74) is -0.297. The molecule has 1 aliphatic rings. The number of alkyl halides is 3.